The third kappa shape index (κ3) is 1.52. The van der Waals surface area contributed by atoms with E-state index in [-0.39, 0.29) is 11.8 Å². The molecule has 3 fully saturated rings. The molecule has 1 saturated carbocycles. The van der Waals surface area contributed by atoms with Gasteiger partial charge in [0.05, 0.1) is 24.2 Å². The molecule has 6 nitrogen and oxygen atoms in total. The van der Waals surface area contributed by atoms with E-state index in [4.69, 9.17) is 14.2 Å². The summed E-state index contributed by atoms with van der Waals surface area (Å²) in [6.07, 6.45) is 3.38. The van der Waals surface area contributed by atoms with Crippen molar-refractivity contribution in [2.75, 3.05) is 26.8 Å². The Balaban J connectivity index is 1.67. The van der Waals surface area contributed by atoms with Crippen LogP contribution < -0.4 is 4.74 Å². The zero-order chi connectivity index (χ0) is 17.7. The Hall–Kier alpha value is -1.34. The van der Waals surface area contributed by atoms with Crippen molar-refractivity contribution >= 4 is 0 Å². The molecule has 2 spiro atoms. The molecule has 0 aromatic heterocycles. The van der Waals surface area contributed by atoms with Crippen LogP contribution in [0.15, 0.2) is 12.1 Å². The third-order valence-electron chi connectivity index (χ3n) is 7.73. The number of hydrogen-bond donors (Lipinski definition) is 2. The van der Waals surface area contributed by atoms with Crippen LogP contribution >= 0.6 is 0 Å². The second-order valence-corrected chi connectivity index (χ2v) is 8.65. The van der Waals surface area contributed by atoms with Gasteiger partial charge in [0.15, 0.2) is 17.6 Å². The molecule has 3 aliphatic heterocycles. The molecule has 2 bridgehead atoms. The fourth-order valence-electron chi connectivity index (χ4n) is 6.73. The number of aliphatic hydroxyl groups is 1. The minimum Gasteiger partial charge on any atom is -0.504 e. The SMILES string of the molecule is CN1CCC[C@]23c4c5ccc(O)c4OC2C2(CCC3(O)[C@H]1C5)OCCO2. The number of phenolic OH excluding ortho intramolecular Hbond substituents is 1. The summed E-state index contributed by atoms with van der Waals surface area (Å²) in [6, 6.07) is 3.77. The number of ether oxygens (including phenoxy) is 3. The summed E-state index contributed by atoms with van der Waals surface area (Å²) in [5, 5.41) is 22.7. The average Bonchev–Trinajstić information content (AvgIpc) is 3.21. The molecule has 1 aromatic carbocycles. The van der Waals surface area contributed by atoms with Gasteiger partial charge in [0, 0.05) is 18.0 Å². The highest BCUT2D eigenvalue weighted by atomic mass is 16.8. The molecule has 0 radical (unpaired) electrons. The number of aromatic hydroxyl groups is 1. The summed E-state index contributed by atoms with van der Waals surface area (Å²) >= 11 is 0. The standard InChI is InChI=1S/C20H25NO5/c1-21-8-2-5-18-15-12-3-4-13(22)16(15)26-17(18)20(24-9-10-25-20)7-6-19(18,23)14(21)11-12/h3-4,14,17,22-23H,2,5-11H2,1H3/t14-,17?,18+,19?/m1/s1. The number of hydrogen-bond acceptors (Lipinski definition) is 6. The maximum Gasteiger partial charge on any atom is 0.207 e. The summed E-state index contributed by atoms with van der Waals surface area (Å²) in [4.78, 5) is 2.31. The van der Waals surface area contributed by atoms with Gasteiger partial charge in [-0.1, -0.05) is 6.07 Å². The van der Waals surface area contributed by atoms with Crippen molar-refractivity contribution < 1.29 is 24.4 Å². The highest BCUT2D eigenvalue weighted by Crippen LogP contribution is 2.67. The number of likely N-dealkylation sites (N-methyl/N-ethyl adjacent to an activating group) is 1. The van der Waals surface area contributed by atoms with E-state index in [1.807, 2.05) is 6.07 Å². The van der Waals surface area contributed by atoms with Crippen molar-refractivity contribution in [3.63, 3.8) is 0 Å². The Morgan fingerprint density at radius 2 is 1.96 bits per heavy atom. The zero-order valence-corrected chi connectivity index (χ0v) is 15.0. The number of benzene rings is 1. The molecule has 140 valence electrons. The first kappa shape index (κ1) is 15.7. The Morgan fingerprint density at radius 1 is 1.15 bits per heavy atom. The van der Waals surface area contributed by atoms with Gasteiger partial charge in [-0.05, 0) is 50.9 Å². The van der Waals surface area contributed by atoms with Crippen molar-refractivity contribution in [1.82, 2.24) is 4.90 Å². The van der Waals surface area contributed by atoms with E-state index in [1.54, 1.807) is 6.07 Å². The van der Waals surface area contributed by atoms with E-state index < -0.39 is 22.9 Å². The second-order valence-electron chi connectivity index (χ2n) is 8.65. The van der Waals surface area contributed by atoms with Gasteiger partial charge in [0.1, 0.15) is 0 Å². The molecular weight excluding hydrogens is 334 g/mol. The molecule has 1 aromatic rings. The van der Waals surface area contributed by atoms with E-state index in [0.717, 1.165) is 31.4 Å². The summed E-state index contributed by atoms with van der Waals surface area (Å²) in [6.45, 7) is 2.05. The molecule has 5 aliphatic rings. The number of likely N-dealkylation sites (tertiary alicyclic amines) is 1. The number of fused-ring (bicyclic) bond motifs is 1. The molecule has 26 heavy (non-hydrogen) atoms. The maximum absolute atomic E-state index is 12.2. The average molecular weight is 359 g/mol. The summed E-state index contributed by atoms with van der Waals surface area (Å²) < 4.78 is 18.7. The zero-order valence-electron chi connectivity index (χ0n) is 15.0. The van der Waals surface area contributed by atoms with Crippen LogP contribution in [0.2, 0.25) is 0 Å². The highest BCUT2D eigenvalue weighted by Gasteiger charge is 2.76. The number of nitrogens with zero attached hydrogens (tertiary/aromatic N) is 1. The van der Waals surface area contributed by atoms with Gasteiger partial charge in [-0.3, -0.25) is 0 Å². The van der Waals surface area contributed by atoms with E-state index in [0.29, 0.717) is 31.8 Å². The first-order valence-corrected chi connectivity index (χ1v) is 9.74. The lowest BCUT2D eigenvalue weighted by molar-refractivity contribution is -0.284. The van der Waals surface area contributed by atoms with Crippen molar-refractivity contribution in [2.45, 2.75) is 61.1 Å². The third-order valence-corrected chi connectivity index (χ3v) is 7.73. The summed E-state index contributed by atoms with van der Waals surface area (Å²) in [5.74, 6) is -0.131. The van der Waals surface area contributed by atoms with Crippen LogP contribution in [0.5, 0.6) is 11.5 Å². The normalized spacial score (nSPS) is 42.4. The van der Waals surface area contributed by atoms with Gasteiger partial charge in [-0.2, -0.15) is 0 Å². The Labute approximate surface area is 152 Å². The van der Waals surface area contributed by atoms with Crippen molar-refractivity contribution in [3.05, 3.63) is 23.3 Å². The second kappa shape index (κ2) is 4.73. The van der Waals surface area contributed by atoms with Crippen LogP contribution in [0.4, 0.5) is 0 Å². The molecule has 0 amide bonds. The smallest absolute Gasteiger partial charge is 0.207 e. The van der Waals surface area contributed by atoms with Crippen molar-refractivity contribution in [2.24, 2.45) is 0 Å². The number of phenols is 1. The predicted octanol–water partition coefficient (Wildman–Crippen LogP) is 1.31. The van der Waals surface area contributed by atoms with Gasteiger partial charge < -0.3 is 29.3 Å². The molecule has 4 atom stereocenters. The lowest BCUT2D eigenvalue weighted by atomic mass is 9.50. The molecule has 6 heteroatoms. The molecule has 2 saturated heterocycles. The molecule has 2 unspecified atom stereocenters. The topological polar surface area (TPSA) is 71.4 Å². The fraction of sp³-hybridized carbons (Fsp3) is 0.700. The largest absolute Gasteiger partial charge is 0.504 e. The Morgan fingerprint density at radius 3 is 2.77 bits per heavy atom. The van der Waals surface area contributed by atoms with Crippen molar-refractivity contribution in [3.8, 4) is 11.5 Å². The first-order chi connectivity index (χ1) is 12.5. The van der Waals surface area contributed by atoms with Crippen LogP contribution in [0, 0.1) is 0 Å². The fourth-order valence-corrected chi connectivity index (χ4v) is 6.73. The van der Waals surface area contributed by atoms with E-state index in [1.165, 1.54) is 5.56 Å². The lowest BCUT2D eigenvalue weighted by Gasteiger charge is -2.60. The van der Waals surface area contributed by atoms with Gasteiger partial charge in [-0.15, -0.1) is 0 Å². The Bertz CT molecular complexity index is 791. The molecular formula is C20H25NO5. The van der Waals surface area contributed by atoms with E-state index in [2.05, 4.69) is 11.9 Å². The van der Waals surface area contributed by atoms with E-state index in [9.17, 15) is 10.2 Å². The van der Waals surface area contributed by atoms with E-state index >= 15 is 0 Å². The molecule has 6 rings (SSSR count). The van der Waals surface area contributed by atoms with Crippen LogP contribution in [0.3, 0.4) is 0 Å². The highest BCUT2D eigenvalue weighted by molar-refractivity contribution is 5.62. The van der Waals surface area contributed by atoms with Gasteiger partial charge in [0.2, 0.25) is 5.79 Å². The predicted molar refractivity (Wildman–Crippen MR) is 92.4 cm³/mol. The molecule has 2 N–H and O–H groups in total. The minimum absolute atomic E-state index is 0.0397. The molecule has 3 heterocycles. The lowest BCUT2D eigenvalue weighted by Crippen LogP contribution is -2.75. The van der Waals surface area contributed by atoms with Crippen LogP contribution in [-0.4, -0.2) is 65.5 Å². The van der Waals surface area contributed by atoms with Gasteiger partial charge in [0.25, 0.3) is 0 Å². The minimum atomic E-state index is -0.907. The molecule has 2 aliphatic carbocycles. The van der Waals surface area contributed by atoms with Crippen molar-refractivity contribution in [1.29, 1.82) is 0 Å². The summed E-state index contributed by atoms with van der Waals surface area (Å²) in [7, 11) is 2.12. The van der Waals surface area contributed by atoms with Gasteiger partial charge in [-0.25, -0.2) is 0 Å². The Kier molecular flexibility index (Phi) is 2.86. The maximum atomic E-state index is 12.2. The summed E-state index contributed by atoms with van der Waals surface area (Å²) in [5.41, 5.74) is 0.691. The monoisotopic (exact) mass is 359 g/mol. The van der Waals surface area contributed by atoms with Crippen LogP contribution in [-0.2, 0) is 21.3 Å². The van der Waals surface area contributed by atoms with Crippen LogP contribution in [0.1, 0.15) is 36.8 Å². The number of rotatable bonds is 0. The quantitative estimate of drug-likeness (QED) is 0.728. The first-order valence-electron chi connectivity index (χ1n) is 9.74. The van der Waals surface area contributed by atoms with Crippen LogP contribution in [0.25, 0.3) is 0 Å². The van der Waals surface area contributed by atoms with Gasteiger partial charge >= 0.3 is 0 Å².